The van der Waals surface area contributed by atoms with Crippen LogP contribution in [0, 0.1) is 0 Å². The van der Waals surface area contributed by atoms with Crippen LogP contribution in [0.5, 0.6) is 0 Å². The molecular formula is C14H11F3N2O2. The second-order valence-electron chi connectivity index (χ2n) is 4.31. The van der Waals surface area contributed by atoms with Crippen LogP contribution in [0.25, 0.3) is 0 Å². The van der Waals surface area contributed by atoms with Gasteiger partial charge in [-0.15, -0.1) is 0 Å². The SMILES string of the molecule is Nc1ccc(C(=O)O)cc1Nc1ccc(C(F)(F)F)cc1. The van der Waals surface area contributed by atoms with E-state index >= 15 is 0 Å². The van der Waals surface area contributed by atoms with Crippen LogP contribution < -0.4 is 11.1 Å². The molecule has 0 heterocycles. The van der Waals surface area contributed by atoms with Crippen LogP contribution in [0.15, 0.2) is 42.5 Å². The van der Waals surface area contributed by atoms with E-state index in [9.17, 15) is 18.0 Å². The number of anilines is 3. The third kappa shape index (κ3) is 3.44. The zero-order chi connectivity index (χ0) is 15.6. The van der Waals surface area contributed by atoms with Crippen molar-refractivity contribution in [2.45, 2.75) is 6.18 Å². The van der Waals surface area contributed by atoms with Gasteiger partial charge in [0.05, 0.1) is 22.5 Å². The Morgan fingerprint density at radius 2 is 1.71 bits per heavy atom. The summed E-state index contributed by atoms with van der Waals surface area (Å²) in [5.74, 6) is -1.12. The van der Waals surface area contributed by atoms with E-state index in [-0.39, 0.29) is 5.56 Å². The van der Waals surface area contributed by atoms with E-state index in [1.165, 1.54) is 30.3 Å². The fourth-order valence-corrected chi connectivity index (χ4v) is 1.70. The summed E-state index contributed by atoms with van der Waals surface area (Å²) < 4.78 is 37.3. The third-order valence-corrected chi connectivity index (χ3v) is 2.79. The number of alkyl halides is 3. The van der Waals surface area contributed by atoms with E-state index in [4.69, 9.17) is 10.8 Å². The van der Waals surface area contributed by atoms with E-state index < -0.39 is 17.7 Å². The molecule has 2 aromatic carbocycles. The molecular weight excluding hydrogens is 285 g/mol. The maximum absolute atomic E-state index is 12.4. The zero-order valence-electron chi connectivity index (χ0n) is 10.6. The first-order chi connectivity index (χ1) is 9.77. The van der Waals surface area contributed by atoms with Gasteiger partial charge >= 0.3 is 12.1 Å². The van der Waals surface area contributed by atoms with Crippen LogP contribution in [0.4, 0.5) is 30.2 Å². The first kappa shape index (κ1) is 14.7. The molecule has 0 fully saturated rings. The molecule has 0 aromatic heterocycles. The summed E-state index contributed by atoms with van der Waals surface area (Å²) in [6.07, 6.45) is -4.40. The van der Waals surface area contributed by atoms with Crippen molar-refractivity contribution in [3.63, 3.8) is 0 Å². The highest BCUT2D eigenvalue weighted by Gasteiger charge is 2.29. The average Bonchev–Trinajstić information content (AvgIpc) is 2.40. The van der Waals surface area contributed by atoms with Crippen molar-refractivity contribution in [1.29, 1.82) is 0 Å². The molecule has 0 aliphatic heterocycles. The first-order valence-electron chi connectivity index (χ1n) is 5.84. The van der Waals surface area contributed by atoms with Gasteiger partial charge in [0.15, 0.2) is 0 Å². The maximum atomic E-state index is 12.4. The van der Waals surface area contributed by atoms with Crippen LogP contribution in [0.1, 0.15) is 15.9 Å². The summed E-state index contributed by atoms with van der Waals surface area (Å²) in [5, 5.41) is 11.7. The molecule has 0 aliphatic carbocycles. The predicted molar refractivity (Wildman–Crippen MR) is 72.5 cm³/mol. The largest absolute Gasteiger partial charge is 0.478 e. The number of rotatable bonds is 3. The Morgan fingerprint density at radius 3 is 2.24 bits per heavy atom. The highest BCUT2D eigenvalue weighted by atomic mass is 19.4. The summed E-state index contributed by atoms with van der Waals surface area (Å²) in [5.41, 5.74) is 5.94. The molecule has 0 amide bonds. The Morgan fingerprint density at radius 1 is 1.10 bits per heavy atom. The number of carbonyl (C=O) groups is 1. The molecule has 0 unspecified atom stereocenters. The lowest BCUT2D eigenvalue weighted by atomic mass is 10.1. The second kappa shape index (κ2) is 5.35. The summed E-state index contributed by atoms with van der Waals surface area (Å²) in [6, 6.07) is 8.42. The van der Waals surface area contributed by atoms with Crippen molar-refractivity contribution in [3.05, 3.63) is 53.6 Å². The van der Waals surface area contributed by atoms with Crippen LogP contribution in [-0.2, 0) is 6.18 Å². The fraction of sp³-hybridized carbons (Fsp3) is 0.0714. The average molecular weight is 296 g/mol. The normalized spacial score (nSPS) is 11.2. The minimum Gasteiger partial charge on any atom is -0.478 e. The lowest BCUT2D eigenvalue weighted by Crippen LogP contribution is -2.05. The Labute approximate surface area is 118 Å². The van der Waals surface area contributed by atoms with Crippen molar-refractivity contribution in [1.82, 2.24) is 0 Å². The molecule has 21 heavy (non-hydrogen) atoms. The number of halogens is 3. The van der Waals surface area contributed by atoms with Gasteiger partial charge in [0.2, 0.25) is 0 Å². The molecule has 2 aromatic rings. The van der Waals surface area contributed by atoms with Gasteiger partial charge in [0, 0.05) is 5.69 Å². The molecule has 4 N–H and O–H groups in total. The topological polar surface area (TPSA) is 75.4 Å². The molecule has 0 spiro atoms. The lowest BCUT2D eigenvalue weighted by Gasteiger charge is -2.12. The van der Waals surface area contributed by atoms with Crippen molar-refractivity contribution in [2.24, 2.45) is 0 Å². The van der Waals surface area contributed by atoms with Gasteiger partial charge in [0.25, 0.3) is 0 Å². The smallest absolute Gasteiger partial charge is 0.416 e. The number of carboxylic acid groups (broad SMARTS) is 1. The predicted octanol–water partition coefficient (Wildman–Crippen LogP) is 3.73. The molecule has 0 bridgehead atoms. The number of aromatic carboxylic acids is 1. The maximum Gasteiger partial charge on any atom is 0.416 e. The minimum absolute atomic E-state index is 0.0265. The molecule has 2 rings (SSSR count). The van der Waals surface area contributed by atoms with Gasteiger partial charge < -0.3 is 16.2 Å². The Bertz CT molecular complexity index is 667. The molecule has 7 heteroatoms. The lowest BCUT2D eigenvalue weighted by molar-refractivity contribution is -0.137. The highest BCUT2D eigenvalue weighted by Crippen LogP contribution is 2.31. The molecule has 0 aliphatic rings. The third-order valence-electron chi connectivity index (χ3n) is 2.79. The summed E-state index contributed by atoms with van der Waals surface area (Å²) in [7, 11) is 0. The number of benzene rings is 2. The van der Waals surface area contributed by atoms with Gasteiger partial charge in [-0.2, -0.15) is 13.2 Å². The van der Waals surface area contributed by atoms with E-state index in [0.717, 1.165) is 12.1 Å². The van der Waals surface area contributed by atoms with E-state index in [1.807, 2.05) is 0 Å². The first-order valence-corrected chi connectivity index (χ1v) is 5.84. The number of nitrogens with two attached hydrogens (primary N) is 1. The Kier molecular flexibility index (Phi) is 3.75. The van der Waals surface area contributed by atoms with Crippen LogP contribution >= 0.6 is 0 Å². The number of carboxylic acids is 1. The molecule has 0 saturated carbocycles. The monoisotopic (exact) mass is 296 g/mol. The standard InChI is InChI=1S/C14H11F3N2O2/c15-14(16,17)9-2-4-10(5-3-9)19-12-7-8(13(20)21)1-6-11(12)18/h1-7,19H,18H2,(H,20,21). The molecule has 4 nitrogen and oxygen atoms in total. The van der Waals surface area contributed by atoms with Gasteiger partial charge in [-0.3, -0.25) is 0 Å². The van der Waals surface area contributed by atoms with Crippen LogP contribution in [-0.4, -0.2) is 11.1 Å². The van der Waals surface area contributed by atoms with Crippen molar-refractivity contribution in [2.75, 3.05) is 11.1 Å². The highest BCUT2D eigenvalue weighted by molar-refractivity contribution is 5.91. The second-order valence-corrected chi connectivity index (χ2v) is 4.31. The molecule has 0 saturated heterocycles. The Hall–Kier alpha value is -2.70. The van der Waals surface area contributed by atoms with Crippen molar-refractivity contribution in [3.8, 4) is 0 Å². The molecule has 0 atom stereocenters. The van der Waals surface area contributed by atoms with E-state index in [1.54, 1.807) is 0 Å². The van der Waals surface area contributed by atoms with Crippen molar-refractivity contribution < 1.29 is 23.1 Å². The van der Waals surface area contributed by atoms with Gasteiger partial charge in [-0.25, -0.2) is 4.79 Å². The van der Waals surface area contributed by atoms with Crippen LogP contribution in [0.3, 0.4) is 0 Å². The zero-order valence-corrected chi connectivity index (χ0v) is 10.6. The van der Waals surface area contributed by atoms with Crippen molar-refractivity contribution >= 4 is 23.0 Å². The van der Waals surface area contributed by atoms with Gasteiger partial charge in [-0.1, -0.05) is 0 Å². The summed E-state index contributed by atoms with van der Waals surface area (Å²) >= 11 is 0. The minimum atomic E-state index is -4.40. The molecule has 110 valence electrons. The quantitative estimate of drug-likeness (QED) is 0.754. The number of hydrogen-bond acceptors (Lipinski definition) is 3. The summed E-state index contributed by atoms with van der Waals surface area (Å²) in [4.78, 5) is 10.9. The van der Waals surface area contributed by atoms with Crippen LogP contribution in [0.2, 0.25) is 0 Å². The number of hydrogen-bond donors (Lipinski definition) is 3. The number of nitrogen functional groups attached to an aromatic ring is 1. The van der Waals surface area contributed by atoms with E-state index in [0.29, 0.717) is 17.1 Å². The van der Waals surface area contributed by atoms with E-state index in [2.05, 4.69) is 5.32 Å². The number of nitrogens with one attached hydrogen (secondary N) is 1. The van der Waals surface area contributed by atoms with Gasteiger partial charge in [-0.05, 0) is 42.5 Å². The molecule has 0 radical (unpaired) electrons. The fourth-order valence-electron chi connectivity index (χ4n) is 1.70. The Balaban J connectivity index is 2.26. The summed E-state index contributed by atoms with van der Waals surface area (Å²) in [6.45, 7) is 0. The van der Waals surface area contributed by atoms with Gasteiger partial charge in [0.1, 0.15) is 0 Å².